The molecule has 3 aromatic rings. The fourth-order valence-corrected chi connectivity index (χ4v) is 5.04. The van der Waals surface area contributed by atoms with Crippen LogP contribution in [-0.4, -0.2) is 43.5 Å². The Kier molecular flexibility index (Phi) is 5.72. The van der Waals surface area contributed by atoms with E-state index in [0.29, 0.717) is 54.7 Å². The van der Waals surface area contributed by atoms with Gasteiger partial charge in [-0.2, -0.15) is 0 Å². The maximum Gasteiger partial charge on any atom is 0.266 e. The first-order valence-corrected chi connectivity index (χ1v) is 11.0. The van der Waals surface area contributed by atoms with E-state index in [1.165, 1.54) is 12.4 Å². The normalized spacial score (nSPS) is 22.8. The van der Waals surface area contributed by atoms with Gasteiger partial charge in [-0.1, -0.05) is 6.08 Å². The second-order valence-electron chi connectivity index (χ2n) is 8.71. The summed E-state index contributed by atoms with van der Waals surface area (Å²) in [6, 6.07) is 2.61. The standard InChI is InChI=1S/C24H25F3N4O2/c1-12-15-5-7-31(24(15)30-11-29-12)19-9-14(21(32)22(19)33)3-2-13-8-17(23(26)27)20(25)16-4-6-28-10-18(13)16/h5,7-9,11,19,21-23,28,32-33H,2-4,6,10H2,1H3/t19?,21?,22-/m1/s1. The highest BCUT2D eigenvalue weighted by atomic mass is 19.3. The van der Waals surface area contributed by atoms with E-state index in [4.69, 9.17) is 0 Å². The quantitative estimate of drug-likeness (QED) is 0.511. The maximum atomic E-state index is 14.6. The topological polar surface area (TPSA) is 83.2 Å². The van der Waals surface area contributed by atoms with Crippen LogP contribution >= 0.6 is 0 Å². The number of halogens is 3. The number of nitrogens with zero attached hydrogens (tertiary/aromatic N) is 3. The van der Waals surface area contributed by atoms with Crippen molar-refractivity contribution in [3.05, 3.63) is 70.1 Å². The van der Waals surface area contributed by atoms with Gasteiger partial charge in [-0.05, 0) is 67.1 Å². The number of aliphatic hydroxyl groups excluding tert-OH is 2. The van der Waals surface area contributed by atoms with Crippen LogP contribution in [0.1, 0.15) is 46.8 Å². The van der Waals surface area contributed by atoms with Crippen LogP contribution in [0.2, 0.25) is 0 Å². The molecule has 3 heterocycles. The molecule has 33 heavy (non-hydrogen) atoms. The van der Waals surface area contributed by atoms with E-state index in [0.717, 1.165) is 16.6 Å². The number of benzene rings is 1. The number of hydrogen-bond acceptors (Lipinski definition) is 5. The fourth-order valence-electron chi connectivity index (χ4n) is 5.04. The minimum Gasteiger partial charge on any atom is -0.388 e. The van der Waals surface area contributed by atoms with Crippen molar-refractivity contribution in [1.29, 1.82) is 0 Å². The van der Waals surface area contributed by atoms with Crippen molar-refractivity contribution in [2.24, 2.45) is 0 Å². The van der Waals surface area contributed by atoms with Crippen molar-refractivity contribution in [2.75, 3.05) is 6.54 Å². The first-order valence-electron chi connectivity index (χ1n) is 11.0. The molecule has 1 aliphatic carbocycles. The number of fused-ring (bicyclic) bond motifs is 2. The number of alkyl halides is 2. The molecule has 2 aliphatic rings. The molecule has 0 bridgehead atoms. The zero-order valence-electron chi connectivity index (χ0n) is 18.1. The van der Waals surface area contributed by atoms with Gasteiger partial charge in [0.25, 0.3) is 6.43 Å². The lowest BCUT2D eigenvalue weighted by Crippen LogP contribution is -2.29. The molecule has 0 amide bonds. The minimum atomic E-state index is -2.89. The van der Waals surface area contributed by atoms with E-state index < -0.39 is 36.1 Å². The lowest BCUT2D eigenvalue weighted by Gasteiger charge is -2.23. The summed E-state index contributed by atoms with van der Waals surface area (Å²) in [5.41, 5.74) is 3.26. The Bertz CT molecular complexity index is 1240. The molecule has 0 radical (unpaired) electrons. The summed E-state index contributed by atoms with van der Waals surface area (Å²) < 4.78 is 43.3. The van der Waals surface area contributed by atoms with Gasteiger partial charge in [0.2, 0.25) is 0 Å². The Morgan fingerprint density at radius 3 is 2.82 bits per heavy atom. The van der Waals surface area contributed by atoms with E-state index >= 15 is 0 Å². The zero-order chi connectivity index (χ0) is 23.3. The van der Waals surface area contributed by atoms with Gasteiger partial charge in [0, 0.05) is 18.1 Å². The maximum absolute atomic E-state index is 14.6. The fraction of sp³-hybridized carbons (Fsp3) is 0.417. The van der Waals surface area contributed by atoms with Crippen LogP contribution in [0.3, 0.4) is 0 Å². The van der Waals surface area contributed by atoms with Gasteiger partial charge < -0.3 is 20.1 Å². The average Bonchev–Trinajstić information content (AvgIpc) is 3.35. The summed E-state index contributed by atoms with van der Waals surface area (Å²) in [6.07, 6.45) is 1.14. The third kappa shape index (κ3) is 3.74. The molecule has 1 aliphatic heterocycles. The van der Waals surface area contributed by atoms with Crippen molar-refractivity contribution in [1.82, 2.24) is 19.9 Å². The molecular weight excluding hydrogens is 433 g/mol. The molecule has 5 rings (SSSR count). The second-order valence-corrected chi connectivity index (χ2v) is 8.71. The smallest absolute Gasteiger partial charge is 0.266 e. The predicted molar refractivity (Wildman–Crippen MR) is 116 cm³/mol. The summed E-state index contributed by atoms with van der Waals surface area (Å²) >= 11 is 0. The molecule has 9 heteroatoms. The number of hydrogen-bond donors (Lipinski definition) is 3. The summed E-state index contributed by atoms with van der Waals surface area (Å²) in [6.45, 7) is 2.84. The molecule has 0 saturated carbocycles. The summed E-state index contributed by atoms with van der Waals surface area (Å²) in [5, 5.41) is 25.5. The monoisotopic (exact) mass is 458 g/mol. The Hall–Kier alpha value is -2.75. The molecule has 0 fully saturated rings. The molecule has 0 saturated heterocycles. The van der Waals surface area contributed by atoms with Gasteiger partial charge >= 0.3 is 0 Å². The van der Waals surface area contributed by atoms with Gasteiger partial charge in [0.05, 0.1) is 17.3 Å². The van der Waals surface area contributed by atoms with Crippen LogP contribution in [0.25, 0.3) is 11.0 Å². The highest BCUT2D eigenvalue weighted by Crippen LogP contribution is 2.36. The second kappa shape index (κ2) is 8.55. The lowest BCUT2D eigenvalue weighted by atomic mass is 9.89. The lowest BCUT2D eigenvalue weighted by molar-refractivity contribution is 0.0317. The van der Waals surface area contributed by atoms with Crippen molar-refractivity contribution in [2.45, 2.75) is 57.4 Å². The number of nitrogens with one attached hydrogen (secondary N) is 1. The summed E-state index contributed by atoms with van der Waals surface area (Å²) in [5.74, 6) is -0.808. The van der Waals surface area contributed by atoms with Crippen LogP contribution in [0.5, 0.6) is 0 Å². The number of aryl methyl sites for hydroxylation is 2. The Morgan fingerprint density at radius 1 is 1.21 bits per heavy atom. The third-order valence-electron chi connectivity index (χ3n) is 6.84. The number of rotatable bonds is 5. The summed E-state index contributed by atoms with van der Waals surface area (Å²) in [7, 11) is 0. The van der Waals surface area contributed by atoms with Crippen LogP contribution < -0.4 is 5.32 Å². The van der Waals surface area contributed by atoms with Gasteiger partial charge in [-0.3, -0.25) is 0 Å². The van der Waals surface area contributed by atoms with Crippen molar-refractivity contribution >= 4 is 11.0 Å². The van der Waals surface area contributed by atoms with E-state index in [1.807, 2.05) is 29.8 Å². The van der Waals surface area contributed by atoms with Gasteiger partial charge in [-0.15, -0.1) is 0 Å². The van der Waals surface area contributed by atoms with Gasteiger partial charge in [0.1, 0.15) is 30.0 Å². The highest BCUT2D eigenvalue weighted by Gasteiger charge is 2.36. The molecular formula is C24H25F3N4O2. The molecule has 174 valence electrons. The van der Waals surface area contributed by atoms with E-state index in [9.17, 15) is 23.4 Å². The van der Waals surface area contributed by atoms with Crippen molar-refractivity contribution < 1.29 is 23.4 Å². The largest absolute Gasteiger partial charge is 0.388 e. The third-order valence-corrected chi connectivity index (χ3v) is 6.84. The molecule has 2 aromatic heterocycles. The van der Waals surface area contributed by atoms with Crippen LogP contribution in [-0.2, 0) is 19.4 Å². The highest BCUT2D eigenvalue weighted by molar-refractivity contribution is 5.78. The van der Waals surface area contributed by atoms with Crippen LogP contribution in [0.15, 0.2) is 36.3 Å². The molecule has 0 spiro atoms. The zero-order valence-corrected chi connectivity index (χ0v) is 18.1. The van der Waals surface area contributed by atoms with Crippen molar-refractivity contribution in [3.63, 3.8) is 0 Å². The minimum absolute atomic E-state index is 0.356. The first kappa shape index (κ1) is 22.1. The number of aromatic nitrogens is 3. The predicted octanol–water partition coefficient (Wildman–Crippen LogP) is 3.30. The van der Waals surface area contributed by atoms with Crippen LogP contribution in [0.4, 0.5) is 13.2 Å². The van der Waals surface area contributed by atoms with E-state index in [2.05, 4.69) is 15.3 Å². The first-order chi connectivity index (χ1) is 15.9. The van der Waals surface area contributed by atoms with Crippen LogP contribution in [0, 0.1) is 12.7 Å². The summed E-state index contributed by atoms with van der Waals surface area (Å²) in [4.78, 5) is 8.51. The molecule has 1 aromatic carbocycles. The van der Waals surface area contributed by atoms with Gasteiger partial charge in [0.15, 0.2) is 0 Å². The Balaban J connectivity index is 1.44. The molecule has 3 N–H and O–H groups in total. The molecule has 6 nitrogen and oxygen atoms in total. The van der Waals surface area contributed by atoms with Gasteiger partial charge in [-0.25, -0.2) is 23.1 Å². The van der Waals surface area contributed by atoms with E-state index in [-0.39, 0.29) is 0 Å². The molecule has 2 unspecified atom stereocenters. The average molecular weight is 458 g/mol. The Morgan fingerprint density at radius 2 is 2.03 bits per heavy atom. The van der Waals surface area contributed by atoms with Crippen molar-refractivity contribution in [3.8, 4) is 0 Å². The number of aliphatic hydroxyl groups is 2. The van der Waals surface area contributed by atoms with E-state index in [1.54, 1.807) is 0 Å². The Labute approximate surface area is 188 Å². The molecule has 3 atom stereocenters. The SMILES string of the molecule is Cc1ncnc2c1ccn2C1C=C(CCc2cc(C(F)F)c(F)c3c2CNCC3)C(O)[C@@H]1O.